The maximum absolute atomic E-state index is 13.5. The van der Waals surface area contributed by atoms with Crippen LogP contribution in [0.4, 0.5) is 4.39 Å². The number of alkyl halides is 1. The highest BCUT2D eigenvalue weighted by Crippen LogP contribution is 2.07. The van der Waals surface area contributed by atoms with Crippen LogP contribution in [0.2, 0.25) is 0 Å². The summed E-state index contributed by atoms with van der Waals surface area (Å²) in [7, 11) is 0. The van der Waals surface area contributed by atoms with Crippen molar-refractivity contribution in [2.75, 3.05) is 6.61 Å². The molecule has 1 heterocycles. The summed E-state index contributed by atoms with van der Waals surface area (Å²) in [6, 6.07) is 0. The molecular formula is C9H11FN2O4. The monoisotopic (exact) mass is 230 g/mol. The van der Waals surface area contributed by atoms with Crippen LogP contribution < -0.4 is 11.2 Å². The van der Waals surface area contributed by atoms with Crippen molar-refractivity contribution in [1.29, 1.82) is 0 Å². The Bertz CT molecular complexity index is 505. The number of esters is 1. The number of halogens is 1. The Hall–Kier alpha value is -1.92. The second-order valence-corrected chi connectivity index (χ2v) is 3.07. The lowest BCUT2D eigenvalue weighted by Gasteiger charge is -2.10. The number of aryl methyl sites for hydroxylation is 1. The van der Waals surface area contributed by atoms with Gasteiger partial charge in [0, 0.05) is 11.8 Å². The Balaban J connectivity index is 3.14. The molecule has 16 heavy (non-hydrogen) atoms. The van der Waals surface area contributed by atoms with Crippen molar-refractivity contribution in [2.45, 2.75) is 20.1 Å². The van der Waals surface area contributed by atoms with Gasteiger partial charge in [0.15, 0.2) is 0 Å². The number of nitrogens with zero attached hydrogens (tertiary/aromatic N) is 1. The third kappa shape index (κ3) is 2.36. The van der Waals surface area contributed by atoms with Crippen molar-refractivity contribution in [1.82, 2.24) is 9.55 Å². The molecular weight excluding hydrogens is 219 g/mol. The van der Waals surface area contributed by atoms with Gasteiger partial charge in [0.25, 0.3) is 11.9 Å². The van der Waals surface area contributed by atoms with Crippen LogP contribution in [0.15, 0.2) is 15.8 Å². The fourth-order valence-corrected chi connectivity index (χ4v) is 1.08. The SMILES string of the molecule is CCOC(=O)C(F)n1cc(C)c(=O)[nH]c1=O. The third-order valence-electron chi connectivity index (χ3n) is 1.87. The summed E-state index contributed by atoms with van der Waals surface area (Å²) in [4.78, 5) is 35.1. The minimum atomic E-state index is -2.25. The standard InChI is InChI=1S/C9H11FN2O4/c1-3-16-8(14)6(10)12-4-5(2)7(13)11-9(12)15/h4,6H,3H2,1-2H3,(H,11,13,15). The molecule has 0 saturated carbocycles. The third-order valence-corrected chi connectivity index (χ3v) is 1.87. The van der Waals surface area contributed by atoms with Gasteiger partial charge in [-0.3, -0.25) is 14.3 Å². The highest BCUT2D eigenvalue weighted by Gasteiger charge is 2.22. The van der Waals surface area contributed by atoms with Crippen LogP contribution >= 0.6 is 0 Å². The van der Waals surface area contributed by atoms with Gasteiger partial charge in [-0.1, -0.05) is 0 Å². The zero-order valence-corrected chi connectivity index (χ0v) is 8.82. The van der Waals surface area contributed by atoms with E-state index in [0.717, 1.165) is 6.20 Å². The minimum absolute atomic E-state index is 0.0103. The van der Waals surface area contributed by atoms with Crippen LogP contribution in [0.1, 0.15) is 18.8 Å². The molecule has 0 radical (unpaired) electrons. The minimum Gasteiger partial charge on any atom is -0.462 e. The van der Waals surface area contributed by atoms with Crippen LogP contribution in [0.5, 0.6) is 0 Å². The van der Waals surface area contributed by atoms with Crippen LogP contribution in [0, 0.1) is 6.92 Å². The number of carbonyl (C=O) groups is 1. The van der Waals surface area contributed by atoms with E-state index in [2.05, 4.69) is 4.74 Å². The average Bonchev–Trinajstić information content (AvgIpc) is 2.23. The number of carbonyl (C=O) groups excluding carboxylic acids is 1. The van der Waals surface area contributed by atoms with Crippen LogP contribution in [0.3, 0.4) is 0 Å². The Morgan fingerprint density at radius 3 is 2.81 bits per heavy atom. The summed E-state index contributed by atoms with van der Waals surface area (Å²) < 4.78 is 18.4. The van der Waals surface area contributed by atoms with E-state index < -0.39 is 23.5 Å². The molecule has 1 N–H and O–H groups in total. The first-order chi connectivity index (χ1) is 7.47. The van der Waals surface area contributed by atoms with Crippen molar-refractivity contribution in [2.24, 2.45) is 0 Å². The molecule has 0 aromatic carbocycles. The van der Waals surface area contributed by atoms with Crippen molar-refractivity contribution in [3.63, 3.8) is 0 Å². The molecule has 1 unspecified atom stereocenters. The average molecular weight is 230 g/mol. The highest BCUT2D eigenvalue weighted by atomic mass is 19.1. The number of aromatic amines is 1. The second-order valence-electron chi connectivity index (χ2n) is 3.07. The van der Waals surface area contributed by atoms with Gasteiger partial charge in [0.2, 0.25) is 0 Å². The lowest BCUT2D eigenvalue weighted by Crippen LogP contribution is -2.35. The molecule has 0 bridgehead atoms. The molecule has 6 nitrogen and oxygen atoms in total. The smallest absolute Gasteiger partial charge is 0.362 e. The number of aromatic nitrogens is 2. The quantitative estimate of drug-likeness (QED) is 0.734. The molecule has 0 amide bonds. The lowest BCUT2D eigenvalue weighted by molar-refractivity contribution is -0.153. The second kappa shape index (κ2) is 4.73. The first-order valence-corrected chi connectivity index (χ1v) is 4.60. The fourth-order valence-electron chi connectivity index (χ4n) is 1.08. The number of rotatable bonds is 3. The molecule has 0 fully saturated rings. The van der Waals surface area contributed by atoms with Gasteiger partial charge in [-0.2, -0.15) is 0 Å². The maximum Gasteiger partial charge on any atom is 0.362 e. The van der Waals surface area contributed by atoms with Gasteiger partial charge in [0.05, 0.1) is 6.61 Å². The van der Waals surface area contributed by atoms with Crippen molar-refractivity contribution in [3.05, 3.63) is 32.6 Å². The van der Waals surface area contributed by atoms with E-state index in [0.29, 0.717) is 4.57 Å². The topological polar surface area (TPSA) is 81.2 Å². The molecule has 0 aliphatic rings. The van der Waals surface area contributed by atoms with Crippen LogP contribution in [-0.2, 0) is 9.53 Å². The lowest BCUT2D eigenvalue weighted by atomic mass is 10.4. The van der Waals surface area contributed by atoms with Gasteiger partial charge in [-0.05, 0) is 13.8 Å². The van der Waals surface area contributed by atoms with E-state index in [9.17, 15) is 18.8 Å². The fraction of sp³-hybridized carbons (Fsp3) is 0.444. The number of hydrogen-bond acceptors (Lipinski definition) is 4. The molecule has 0 aliphatic heterocycles. The zero-order chi connectivity index (χ0) is 12.3. The molecule has 0 aliphatic carbocycles. The molecule has 1 atom stereocenters. The van der Waals surface area contributed by atoms with E-state index in [-0.39, 0.29) is 12.2 Å². The highest BCUT2D eigenvalue weighted by molar-refractivity contribution is 5.72. The van der Waals surface area contributed by atoms with E-state index in [1.807, 2.05) is 4.98 Å². The number of hydrogen-bond donors (Lipinski definition) is 1. The first-order valence-electron chi connectivity index (χ1n) is 4.60. The van der Waals surface area contributed by atoms with E-state index in [4.69, 9.17) is 0 Å². The van der Waals surface area contributed by atoms with Gasteiger partial charge < -0.3 is 4.74 Å². The summed E-state index contributed by atoms with van der Waals surface area (Å²) in [6.45, 7) is 2.93. The van der Waals surface area contributed by atoms with Gasteiger partial charge in [0.1, 0.15) is 0 Å². The summed E-state index contributed by atoms with van der Waals surface area (Å²) >= 11 is 0. The zero-order valence-electron chi connectivity index (χ0n) is 8.82. The first kappa shape index (κ1) is 12.2. The van der Waals surface area contributed by atoms with Gasteiger partial charge in [-0.25, -0.2) is 14.0 Å². The predicted octanol–water partition coefficient (Wildman–Crippen LogP) is -0.124. The van der Waals surface area contributed by atoms with Crippen molar-refractivity contribution >= 4 is 5.97 Å². The largest absolute Gasteiger partial charge is 0.462 e. The van der Waals surface area contributed by atoms with Crippen molar-refractivity contribution in [3.8, 4) is 0 Å². The Morgan fingerprint density at radius 1 is 1.62 bits per heavy atom. The molecule has 88 valence electrons. The molecule has 1 aromatic heterocycles. The van der Waals surface area contributed by atoms with Gasteiger partial charge >= 0.3 is 11.7 Å². The summed E-state index contributed by atoms with van der Waals surface area (Å²) in [5.74, 6) is -1.17. The van der Waals surface area contributed by atoms with Crippen molar-refractivity contribution < 1.29 is 13.9 Å². The molecule has 7 heteroatoms. The molecule has 1 aromatic rings. The molecule has 0 saturated heterocycles. The van der Waals surface area contributed by atoms with E-state index in [1.54, 1.807) is 0 Å². The van der Waals surface area contributed by atoms with Crippen LogP contribution in [-0.4, -0.2) is 22.1 Å². The molecule has 0 spiro atoms. The normalized spacial score (nSPS) is 12.2. The Labute approximate surface area is 89.7 Å². The maximum atomic E-state index is 13.5. The number of ether oxygens (including phenoxy) is 1. The van der Waals surface area contributed by atoms with E-state index in [1.165, 1.54) is 13.8 Å². The molecule has 1 rings (SSSR count). The number of nitrogens with one attached hydrogen (secondary N) is 1. The summed E-state index contributed by atoms with van der Waals surface area (Å²) in [5, 5.41) is 0. The van der Waals surface area contributed by atoms with Gasteiger partial charge in [-0.15, -0.1) is 0 Å². The Kier molecular flexibility index (Phi) is 3.60. The summed E-state index contributed by atoms with van der Waals surface area (Å²) in [6.07, 6.45) is -1.27. The Morgan fingerprint density at radius 2 is 2.25 bits per heavy atom. The van der Waals surface area contributed by atoms with Crippen LogP contribution in [0.25, 0.3) is 0 Å². The predicted molar refractivity (Wildman–Crippen MR) is 52.8 cm³/mol. The van der Waals surface area contributed by atoms with E-state index >= 15 is 0 Å². The summed E-state index contributed by atoms with van der Waals surface area (Å²) in [5.41, 5.74) is -1.47. The number of H-pyrrole nitrogens is 1.